The van der Waals surface area contributed by atoms with Crippen LogP contribution < -0.4 is 0 Å². The van der Waals surface area contributed by atoms with Crippen LogP contribution in [-0.4, -0.2) is 86.2 Å². The molecule has 2 aliphatic heterocycles. The van der Waals surface area contributed by atoms with Crippen molar-refractivity contribution in [3.05, 3.63) is 57.9 Å². The van der Waals surface area contributed by atoms with Crippen LogP contribution in [0.25, 0.3) is 0 Å². The molecule has 37 heavy (non-hydrogen) atoms. The summed E-state index contributed by atoms with van der Waals surface area (Å²) in [5.74, 6) is -2.78. The molecule has 2 heterocycles. The highest BCUT2D eigenvalue weighted by Crippen LogP contribution is 2.46. The van der Waals surface area contributed by atoms with E-state index in [4.69, 9.17) is 9.47 Å². The summed E-state index contributed by atoms with van der Waals surface area (Å²) in [6, 6.07) is 5.04. The quantitative estimate of drug-likeness (QED) is 0.477. The van der Waals surface area contributed by atoms with Gasteiger partial charge in [0, 0.05) is 50.7 Å². The second-order valence-corrected chi connectivity index (χ2v) is 9.25. The molecule has 10 heteroatoms. The molecule has 204 valence electrons. The van der Waals surface area contributed by atoms with E-state index in [1.165, 1.54) is 18.2 Å². The number of esters is 2. The number of rotatable bonds is 8. The number of halogens is 3. The Morgan fingerprint density at radius 1 is 0.892 bits per heavy atom. The summed E-state index contributed by atoms with van der Waals surface area (Å²) < 4.78 is 52.9. The van der Waals surface area contributed by atoms with Crippen molar-refractivity contribution in [2.45, 2.75) is 39.8 Å². The lowest BCUT2D eigenvalue weighted by Crippen LogP contribution is -2.47. The molecule has 1 aromatic carbocycles. The van der Waals surface area contributed by atoms with Gasteiger partial charge in [0.05, 0.1) is 35.8 Å². The number of nitrogens with zero attached hydrogens (tertiary/aromatic N) is 3. The van der Waals surface area contributed by atoms with E-state index in [0.29, 0.717) is 24.5 Å². The lowest BCUT2D eigenvalue weighted by molar-refractivity contribution is -0.142. The van der Waals surface area contributed by atoms with Gasteiger partial charge in [-0.15, -0.1) is 0 Å². The lowest BCUT2D eigenvalue weighted by Gasteiger charge is -2.40. The zero-order valence-corrected chi connectivity index (χ0v) is 22.2. The number of hydrogen-bond acceptors (Lipinski definition) is 7. The highest BCUT2D eigenvalue weighted by molar-refractivity contribution is 6.00. The SMILES string of the molecule is CCOC(=O)C1=C(C)N(CCN2CCN(C)CC2)C(C)=C(C(=O)OCC)C1c1ccccc1C(F)(F)F. The number of hydrogen-bond donors (Lipinski definition) is 0. The Labute approximate surface area is 216 Å². The van der Waals surface area contributed by atoms with Crippen LogP contribution in [0, 0.1) is 0 Å². The molecule has 0 radical (unpaired) electrons. The van der Waals surface area contributed by atoms with Crippen molar-refractivity contribution >= 4 is 11.9 Å². The third-order valence-electron chi connectivity index (χ3n) is 6.97. The minimum atomic E-state index is -4.68. The highest BCUT2D eigenvalue weighted by atomic mass is 19.4. The molecule has 0 saturated carbocycles. The summed E-state index contributed by atoms with van der Waals surface area (Å²) in [6.07, 6.45) is -4.68. The minimum absolute atomic E-state index is 0.0191. The Morgan fingerprint density at radius 2 is 1.41 bits per heavy atom. The molecule has 1 saturated heterocycles. The summed E-state index contributed by atoms with van der Waals surface area (Å²) >= 11 is 0. The van der Waals surface area contributed by atoms with Gasteiger partial charge < -0.3 is 19.3 Å². The van der Waals surface area contributed by atoms with Crippen LogP contribution in [0.3, 0.4) is 0 Å². The molecule has 0 bridgehead atoms. The van der Waals surface area contributed by atoms with Crippen molar-refractivity contribution in [3.63, 3.8) is 0 Å². The monoisotopic (exact) mass is 523 g/mol. The average Bonchev–Trinajstić information content (AvgIpc) is 2.84. The fraction of sp³-hybridized carbons (Fsp3) is 0.556. The van der Waals surface area contributed by atoms with Gasteiger partial charge in [-0.25, -0.2) is 9.59 Å². The molecule has 3 rings (SSSR count). The molecular weight excluding hydrogens is 487 g/mol. The van der Waals surface area contributed by atoms with E-state index in [0.717, 1.165) is 32.2 Å². The maximum atomic E-state index is 14.1. The number of carbonyl (C=O) groups is 2. The van der Waals surface area contributed by atoms with Crippen LogP contribution in [0.4, 0.5) is 13.2 Å². The standard InChI is InChI=1S/C27H36F3N3O4/c1-6-36-25(34)22-18(3)33(17-16-32-14-12-31(5)13-15-32)19(4)23(26(35)37-7-2)24(22)20-10-8-9-11-21(20)27(28,29)30/h8-11,24H,6-7,12-17H2,1-5H3. The molecule has 7 nitrogen and oxygen atoms in total. The molecule has 0 unspecified atom stereocenters. The summed E-state index contributed by atoms with van der Waals surface area (Å²) in [5, 5.41) is 0. The molecule has 0 aromatic heterocycles. The van der Waals surface area contributed by atoms with E-state index < -0.39 is 29.6 Å². The van der Waals surface area contributed by atoms with Crippen LogP contribution in [0.1, 0.15) is 44.7 Å². The zero-order valence-electron chi connectivity index (χ0n) is 22.2. The fourth-order valence-electron chi connectivity index (χ4n) is 5.02. The molecule has 2 aliphatic rings. The van der Waals surface area contributed by atoms with Gasteiger partial charge in [0.15, 0.2) is 0 Å². The predicted molar refractivity (Wildman–Crippen MR) is 133 cm³/mol. The molecule has 1 aromatic rings. The number of alkyl halides is 3. The largest absolute Gasteiger partial charge is 0.463 e. The van der Waals surface area contributed by atoms with Gasteiger partial charge in [-0.05, 0) is 46.4 Å². The Balaban J connectivity index is 2.16. The van der Waals surface area contributed by atoms with Crippen molar-refractivity contribution in [2.24, 2.45) is 0 Å². The Bertz CT molecular complexity index is 1020. The maximum absolute atomic E-state index is 14.1. The number of likely N-dealkylation sites (N-methyl/N-ethyl adjacent to an activating group) is 1. The third-order valence-corrected chi connectivity index (χ3v) is 6.97. The van der Waals surface area contributed by atoms with Gasteiger partial charge in [-0.3, -0.25) is 4.90 Å². The number of piperazine rings is 1. The van der Waals surface area contributed by atoms with Gasteiger partial charge in [0.1, 0.15) is 0 Å². The second kappa shape index (κ2) is 12.1. The molecule has 1 fully saturated rings. The highest BCUT2D eigenvalue weighted by Gasteiger charge is 2.44. The first-order chi connectivity index (χ1) is 17.5. The Hall–Kier alpha value is -2.85. The minimum Gasteiger partial charge on any atom is -0.463 e. The van der Waals surface area contributed by atoms with Crippen molar-refractivity contribution < 1.29 is 32.2 Å². The third kappa shape index (κ3) is 6.35. The summed E-state index contributed by atoms with van der Waals surface area (Å²) in [6.45, 7) is 11.5. The first-order valence-electron chi connectivity index (χ1n) is 12.6. The normalized spacial score (nSPS) is 18.4. The van der Waals surface area contributed by atoms with Crippen LogP contribution in [0.2, 0.25) is 0 Å². The van der Waals surface area contributed by atoms with E-state index in [1.807, 2.05) is 4.90 Å². The van der Waals surface area contributed by atoms with Gasteiger partial charge in [-0.2, -0.15) is 13.2 Å². The topological polar surface area (TPSA) is 62.3 Å². The zero-order chi connectivity index (χ0) is 27.3. The second-order valence-electron chi connectivity index (χ2n) is 9.25. The molecule has 0 spiro atoms. The van der Waals surface area contributed by atoms with E-state index in [-0.39, 0.29) is 29.9 Å². The van der Waals surface area contributed by atoms with Crippen LogP contribution in [0.5, 0.6) is 0 Å². The van der Waals surface area contributed by atoms with Gasteiger partial charge in [0.25, 0.3) is 0 Å². The molecular formula is C27H36F3N3O4. The van der Waals surface area contributed by atoms with Crippen molar-refractivity contribution in [1.29, 1.82) is 0 Å². The number of ether oxygens (including phenoxy) is 2. The predicted octanol–water partition coefficient (Wildman–Crippen LogP) is 4.03. The molecule has 0 amide bonds. The molecule has 0 N–H and O–H groups in total. The number of carbonyl (C=O) groups excluding carboxylic acids is 2. The van der Waals surface area contributed by atoms with Crippen molar-refractivity contribution in [3.8, 4) is 0 Å². The summed E-state index contributed by atoms with van der Waals surface area (Å²) in [4.78, 5) is 33.0. The fourth-order valence-corrected chi connectivity index (χ4v) is 5.02. The van der Waals surface area contributed by atoms with Crippen LogP contribution in [-0.2, 0) is 25.2 Å². The summed E-state index contributed by atoms with van der Waals surface area (Å²) in [5.41, 5.74) is -0.107. The first-order valence-corrected chi connectivity index (χ1v) is 12.6. The van der Waals surface area contributed by atoms with Gasteiger partial charge in [0.2, 0.25) is 0 Å². The van der Waals surface area contributed by atoms with Crippen molar-refractivity contribution in [1.82, 2.24) is 14.7 Å². The molecule has 0 atom stereocenters. The molecule has 0 aliphatic carbocycles. The van der Waals surface area contributed by atoms with Crippen LogP contribution >= 0.6 is 0 Å². The smallest absolute Gasteiger partial charge is 0.416 e. The maximum Gasteiger partial charge on any atom is 0.416 e. The van der Waals surface area contributed by atoms with E-state index in [1.54, 1.807) is 27.7 Å². The number of allylic oxidation sites excluding steroid dienone is 2. The van der Waals surface area contributed by atoms with E-state index in [2.05, 4.69) is 16.8 Å². The van der Waals surface area contributed by atoms with Crippen molar-refractivity contribution in [2.75, 3.05) is 59.5 Å². The van der Waals surface area contributed by atoms with E-state index in [9.17, 15) is 22.8 Å². The van der Waals surface area contributed by atoms with E-state index >= 15 is 0 Å². The first kappa shape index (κ1) is 28.7. The van der Waals surface area contributed by atoms with Gasteiger partial charge in [-0.1, -0.05) is 18.2 Å². The average molecular weight is 524 g/mol. The van der Waals surface area contributed by atoms with Gasteiger partial charge >= 0.3 is 18.1 Å². The number of benzene rings is 1. The Kier molecular flexibility index (Phi) is 9.41. The Morgan fingerprint density at radius 3 is 1.89 bits per heavy atom. The lowest BCUT2D eigenvalue weighted by atomic mass is 9.78. The summed E-state index contributed by atoms with van der Waals surface area (Å²) in [7, 11) is 2.07. The van der Waals surface area contributed by atoms with Crippen LogP contribution in [0.15, 0.2) is 46.8 Å².